The summed E-state index contributed by atoms with van der Waals surface area (Å²) in [6, 6.07) is 17.6. The Kier molecular flexibility index (Phi) is 8.57. The predicted octanol–water partition coefficient (Wildman–Crippen LogP) is 4.09. The first kappa shape index (κ1) is 27.4. The first-order valence-corrected chi connectivity index (χ1v) is 13.3. The van der Waals surface area contributed by atoms with E-state index in [-0.39, 0.29) is 22.9 Å². The number of nitriles is 1. The summed E-state index contributed by atoms with van der Waals surface area (Å²) in [5, 5.41) is 18.7. The Bertz CT molecular complexity index is 1610. The van der Waals surface area contributed by atoms with Crippen LogP contribution in [0.1, 0.15) is 39.2 Å². The molecule has 3 heterocycles. The van der Waals surface area contributed by atoms with Crippen LogP contribution in [-0.4, -0.2) is 40.5 Å². The fourth-order valence-corrected chi connectivity index (χ4v) is 4.50. The summed E-state index contributed by atoms with van der Waals surface area (Å²) in [4.78, 5) is 26.4. The summed E-state index contributed by atoms with van der Waals surface area (Å²) in [5.74, 6) is 0.141. The molecule has 9 nitrogen and oxygen atoms in total. The number of rotatable bonds is 9. The van der Waals surface area contributed by atoms with Gasteiger partial charge in [0.15, 0.2) is 0 Å². The second-order valence-electron chi connectivity index (χ2n) is 9.59. The number of carbonyl (C=O) groups is 1. The van der Waals surface area contributed by atoms with E-state index in [1.54, 1.807) is 18.3 Å². The van der Waals surface area contributed by atoms with Crippen molar-refractivity contribution in [1.29, 1.82) is 5.26 Å². The molecule has 1 amide bonds. The van der Waals surface area contributed by atoms with Gasteiger partial charge in [0.05, 0.1) is 23.0 Å². The van der Waals surface area contributed by atoms with Gasteiger partial charge < -0.3 is 21.7 Å². The Hall–Kier alpha value is -5.14. The zero-order chi connectivity index (χ0) is 28.6. The minimum Gasteiger partial charge on any atom is -0.382 e. The number of benzene rings is 2. The normalized spacial score (nSPS) is 12.7. The lowest BCUT2D eigenvalue weighted by Crippen LogP contribution is -2.27. The fourth-order valence-electron chi connectivity index (χ4n) is 4.50. The third-order valence-corrected chi connectivity index (χ3v) is 6.75. The minimum absolute atomic E-state index is 0.275. The van der Waals surface area contributed by atoms with Crippen molar-refractivity contribution in [2.45, 2.75) is 19.4 Å². The van der Waals surface area contributed by atoms with E-state index < -0.39 is 0 Å². The number of amides is 1. The Morgan fingerprint density at radius 3 is 2.59 bits per heavy atom. The molecule has 1 aliphatic heterocycles. The molecule has 0 atom stereocenters. The smallest absolute Gasteiger partial charge is 0.255 e. The number of nitrogens with two attached hydrogens (primary N) is 1. The van der Waals surface area contributed by atoms with E-state index in [1.165, 1.54) is 24.4 Å². The van der Waals surface area contributed by atoms with Crippen LogP contribution in [0.2, 0.25) is 0 Å². The molecule has 2 aromatic heterocycles. The average Bonchev–Trinajstić information content (AvgIpc) is 3.02. The van der Waals surface area contributed by atoms with Gasteiger partial charge >= 0.3 is 0 Å². The first-order valence-electron chi connectivity index (χ1n) is 13.3. The van der Waals surface area contributed by atoms with Crippen LogP contribution in [0.4, 0.5) is 16.0 Å². The largest absolute Gasteiger partial charge is 0.382 e. The molecular weight excluding hydrogens is 519 g/mol. The molecule has 0 aliphatic carbocycles. The third-order valence-electron chi connectivity index (χ3n) is 6.75. The van der Waals surface area contributed by atoms with Gasteiger partial charge in [-0.3, -0.25) is 4.79 Å². The molecule has 5 rings (SSSR count). The maximum atomic E-state index is 13.1. The molecule has 4 aromatic rings. The molecule has 2 aromatic carbocycles. The molecule has 0 radical (unpaired) electrons. The van der Waals surface area contributed by atoms with Crippen molar-refractivity contribution in [2.75, 3.05) is 30.7 Å². The molecule has 5 N–H and O–H groups in total. The summed E-state index contributed by atoms with van der Waals surface area (Å²) >= 11 is 0. The highest BCUT2D eigenvalue weighted by atomic mass is 19.1. The number of nitrogens with one attached hydrogen (secondary N) is 3. The molecular formula is C31H29FN8O. The molecule has 0 saturated carbocycles. The number of hydrogen-bond donors (Lipinski definition) is 4. The molecule has 0 saturated heterocycles. The summed E-state index contributed by atoms with van der Waals surface area (Å²) in [7, 11) is 0. The van der Waals surface area contributed by atoms with Gasteiger partial charge in [-0.1, -0.05) is 42.5 Å². The zero-order valence-corrected chi connectivity index (χ0v) is 22.3. The summed E-state index contributed by atoms with van der Waals surface area (Å²) < 4.78 is 13.1. The molecule has 0 spiro atoms. The molecule has 1 aliphatic rings. The van der Waals surface area contributed by atoms with Crippen LogP contribution in [0.5, 0.6) is 0 Å². The van der Waals surface area contributed by atoms with Gasteiger partial charge in [0.25, 0.3) is 5.91 Å². The predicted molar refractivity (Wildman–Crippen MR) is 156 cm³/mol. The zero-order valence-electron chi connectivity index (χ0n) is 22.3. The Labute approximate surface area is 237 Å². The van der Waals surface area contributed by atoms with E-state index in [2.05, 4.69) is 32.0 Å². The van der Waals surface area contributed by atoms with E-state index in [0.29, 0.717) is 31.1 Å². The quantitative estimate of drug-likeness (QED) is 0.245. The van der Waals surface area contributed by atoms with Crippen LogP contribution in [0.15, 0.2) is 73.1 Å². The van der Waals surface area contributed by atoms with Crippen molar-refractivity contribution < 1.29 is 9.18 Å². The standard InChI is InChI=1S/C31H29FN8O/c32-25-7-3-20(4-8-25)9-14-36-31(41)26-15-22(16-33)18-39-30(26)38-17-21-1-5-23(6-2-21)27-19-37-29(34)28(40-27)24-10-12-35-13-11-24/h1-8,10,15,18-19,35H,9,11-14,17H2,(H2,34,37)(H,36,41)(H,38,39). The minimum atomic E-state index is -0.351. The fraction of sp³-hybridized carbons (Fsp3) is 0.194. The topological polar surface area (TPSA) is 142 Å². The maximum Gasteiger partial charge on any atom is 0.255 e. The number of nitrogens with zero attached hydrogens (tertiary/aromatic N) is 4. The Balaban J connectivity index is 1.25. The molecule has 0 fully saturated rings. The molecule has 206 valence electrons. The van der Waals surface area contributed by atoms with E-state index in [4.69, 9.17) is 10.7 Å². The number of nitrogen functional groups attached to an aromatic ring is 1. The van der Waals surface area contributed by atoms with Gasteiger partial charge in [0.2, 0.25) is 0 Å². The van der Waals surface area contributed by atoms with Gasteiger partial charge in [-0.05, 0) is 54.3 Å². The van der Waals surface area contributed by atoms with Gasteiger partial charge in [-0.15, -0.1) is 0 Å². The Morgan fingerprint density at radius 1 is 1.07 bits per heavy atom. The number of hydrogen-bond acceptors (Lipinski definition) is 8. The lowest BCUT2D eigenvalue weighted by atomic mass is 10.0. The van der Waals surface area contributed by atoms with Gasteiger partial charge in [-0.25, -0.2) is 19.3 Å². The van der Waals surface area contributed by atoms with Crippen LogP contribution in [0, 0.1) is 17.1 Å². The monoisotopic (exact) mass is 548 g/mol. The molecule has 0 bridgehead atoms. The summed E-state index contributed by atoms with van der Waals surface area (Å²) in [6.45, 7) is 2.43. The van der Waals surface area contributed by atoms with Crippen molar-refractivity contribution >= 4 is 23.1 Å². The summed E-state index contributed by atoms with van der Waals surface area (Å²) in [6.07, 6.45) is 6.59. The van der Waals surface area contributed by atoms with Crippen LogP contribution in [0.3, 0.4) is 0 Å². The van der Waals surface area contributed by atoms with Crippen molar-refractivity contribution in [3.63, 3.8) is 0 Å². The number of aromatic nitrogens is 3. The second-order valence-corrected chi connectivity index (χ2v) is 9.59. The third kappa shape index (κ3) is 6.90. The second kappa shape index (κ2) is 12.8. The van der Waals surface area contributed by atoms with E-state index in [1.807, 2.05) is 30.3 Å². The van der Waals surface area contributed by atoms with E-state index in [9.17, 15) is 14.4 Å². The molecule has 10 heteroatoms. The van der Waals surface area contributed by atoms with Crippen molar-refractivity contribution in [1.82, 2.24) is 25.6 Å². The Morgan fingerprint density at radius 2 is 1.85 bits per heavy atom. The highest BCUT2D eigenvalue weighted by Crippen LogP contribution is 2.26. The average molecular weight is 549 g/mol. The lowest BCUT2D eigenvalue weighted by Gasteiger charge is -2.15. The van der Waals surface area contributed by atoms with Crippen molar-refractivity contribution in [3.05, 3.63) is 107 Å². The van der Waals surface area contributed by atoms with Gasteiger partial charge in [0.1, 0.15) is 29.2 Å². The first-order chi connectivity index (χ1) is 20.0. The number of halogens is 1. The van der Waals surface area contributed by atoms with Crippen LogP contribution in [0.25, 0.3) is 16.8 Å². The highest BCUT2D eigenvalue weighted by Gasteiger charge is 2.15. The molecule has 0 unspecified atom stereocenters. The van der Waals surface area contributed by atoms with Crippen molar-refractivity contribution in [3.8, 4) is 17.3 Å². The van der Waals surface area contributed by atoms with E-state index >= 15 is 0 Å². The van der Waals surface area contributed by atoms with Gasteiger partial charge in [-0.2, -0.15) is 5.26 Å². The molecule has 41 heavy (non-hydrogen) atoms. The number of anilines is 2. The maximum absolute atomic E-state index is 13.1. The van der Waals surface area contributed by atoms with Crippen LogP contribution < -0.4 is 21.7 Å². The van der Waals surface area contributed by atoms with Crippen molar-refractivity contribution in [2.24, 2.45) is 0 Å². The summed E-state index contributed by atoms with van der Waals surface area (Å²) in [5.41, 5.74) is 12.0. The van der Waals surface area contributed by atoms with Crippen LogP contribution >= 0.6 is 0 Å². The van der Waals surface area contributed by atoms with E-state index in [0.717, 1.165) is 53.2 Å². The van der Waals surface area contributed by atoms with Crippen LogP contribution in [-0.2, 0) is 13.0 Å². The lowest BCUT2D eigenvalue weighted by molar-refractivity contribution is 0.0954. The number of pyridine rings is 1. The number of carbonyl (C=O) groups excluding carboxylic acids is 1. The SMILES string of the molecule is N#Cc1cnc(NCc2ccc(-c3cnc(N)c(C4=CCNCC4)n3)cc2)c(C(=O)NCCc2ccc(F)cc2)c1. The highest BCUT2D eigenvalue weighted by molar-refractivity contribution is 5.99. The van der Waals surface area contributed by atoms with Gasteiger partial charge in [0, 0.05) is 31.4 Å².